The van der Waals surface area contributed by atoms with E-state index in [2.05, 4.69) is 18.7 Å². The van der Waals surface area contributed by atoms with E-state index in [4.69, 9.17) is 6.57 Å². The Labute approximate surface area is 132 Å². The molecule has 2 saturated carbocycles. The summed E-state index contributed by atoms with van der Waals surface area (Å²) in [5, 5.41) is 0. The summed E-state index contributed by atoms with van der Waals surface area (Å²) in [5.41, 5.74) is 0.273. The minimum atomic E-state index is -0.583. The van der Waals surface area contributed by atoms with Crippen LogP contribution in [0.1, 0.15) is 47.0 Å². The van der Waals surface area contributed by atoms with E-state index in [1.165, 1.54) is 0 Å². The summed E-state index contributed by atoms with van der Waals surface area (Å²) >= 11 is 0. The number of rotatable bonds is 0. The standard InChI is InChI=1S/C19H23NO2/c1-17(2)14-7-9-18(3)8-6-12(21)10-15(18)19(14,4)11-13(20-5)16(17)22/h6,8,10,13-14H,7,9,11H2,1-4H3/t13?,14-,18+,19-/m0/s1. The molecular formula is C19H23NO2. The Balaban J connectivity index is 2.16. The fraction of sp³-hybridized carbons (Fsp3) is 0.632. The highest BCUT2D eigenvalue weighted by Crippen LogP contribution is 2.64. The Bertz CT molecular complexity index is 663. The van der Waals surface area contributed by atoms with Gasteiger partial charge in [-0.05, 0) is 30.9 Å². The van der Waals surface area contributed by atoms with Gasteiger partial charge in [0.25, 0.3) is 6.04 Å². The van der Waals surface area contributed by atoms with E-state index in [-0.39, 0.29) is 28.3 Å². The number of hydrogen-bond acceptors (Lipinski definition) is 2. The second kappa shape index (κ2) is 4.41. The third kappa shape index (κ3) is 1.79. The van der Waals surface area contributed by atoms with E-state index in [1.54, 1.807) is 12.2 Å². The van der Waals surface area contributed by atoms with Crippen LogP contribution in [0.4, 0.5) is 0 Å². The normalized spacial score (nSPS) is 43.0. The first kappa shape index (κ1) is 15.2. The summed E-state index contributed by atoms with van der Waals surface area (Å²) in [7, 11) is 0. The van der Waals surface area contributed by atoms with Crippen LogP contribution in [0.25, 0.3) is 4.85 Å². The van der Waals surface area contributed by atoms with Gasteiger partial charge in [0.1, 0.15) is 0 Å². The molecule has 0 aromatic carbocycles. The molecule has 0 N–H and O–H groups in total. The first-order valence-corrected chi connectivity index (χ1v) is 8.02. The molecule has 3 heteroatoms. The summed E-state index contributed by atoms with van der Waals surface area (Å²) in [6.07, 6.45) is 7.95. The van der Waals surface area contributed by atoms with Crippen molar-refractivity contribution in [3.8, 4) is 0 Å². The molecule has 0 saturated heterocycles. The molecule has 1 unspecified atom stereocenters. The predicted molar refractivity (Wildman–Crippen MR) is 85.0 cm³/mol. The van der Waals surface area contributed by atoms with E-state index < -0.39 is 11.5 Å². The maximum atomic E-state index is 12.7. The Morgan fingerprint density at radius 1 is 1.23 bits per heavy atom. The summed E-state index contributed by atoms with van der Waals surface area (Å²) in [4.78, 5) is 28.2. The van der Waals surface area contributed by atoms with Gasteiger partial charge in [-0.1, -0.05) is 39.3 Å². The van der Waals surface area contributed by atoms with Crippen LogP contribution in [0.5, 0.6) is 0 Å². The van der Waals surface area contributed by atoms with Gasteiger partial charge in [-0.15, -0.1) is 0 Å². The minimum absolute atomic E-state index is 0.0309. The van der Waals surface area contributed by atoms with Crippen LogP contribution < -0.4 is 0 Å². The van der Waals surface area contributed by atoms with E-state index >= 15 is 0 Å². The van der Waals surface area contributed by atoms with Crippen LogP contribution in [-0.4, -0.2) is 17.6 Å². The zero-order valence-electron chi connectivity index (χ0n) is 13.8. The van der Waals surface area contributed by atoms with Crippen LogP contribution in [0.15, 0.2) is 23.8 Å². The zero-order valence-corrected chi connectivity index (χ0v) is 13.8. The molecule has 4 atom stereocenters. The number of ketones is 2. The molecule has 0 aromatic heterocycles. The Kier molecular flexibility index (Phi) is 3.05. The lowest BCUT2D eigenvalue weighted by Crippen LogP contribution is -2.57. The van der Waals surface area contributed by atoms with Crippen molar-refractivity contribution in [1.82, 2.24) is 0 Å². The molecular weight excluding hydrogens is 274 g/mol. The van der Waals surface area contributed by atoms with Gasteiger partial charge in [0.15, 0.2) is 5.78 Å². The van der Waals surface area contributed by atoms with Crippen molar-refractivity contribution in [3.63, 3.8) is 0 Å². The van der Waals surface area contributed by atoms with Crippen LogP contribution >= 0.6 is 0 Å². The van der Waals surface area contributed by atoms with E-state index in [0.29, 0.717) is 6.42 Å². The van der Waals surface area contributed by atoms with Crippen LogP contribution in [0.3, 0.4) is 0 Å². The largest absolute Gasteiger partial charge is 0.305 e. The van der Waals surface area contributed by atoms with Gasteiger partial charge < -0.3 is 4.85 Å². The van der Waals surface area contributed by atoms with E-state index in [1.807, 2.05) is 19.9 Å². The van der Waals surface area contributed by atoms with Gasteiger partial charge in [-0.25, -0.2) is 6.57 Å². The average molecular weight is 297 g/mol. The highest BCUT2D eigenvalue weighted by atomic mass is 16.1. The molecule has 3 aliphatic carbocycles. The number of hydrogen-bond donors (Lipinski definition) is 0. The summed E-state index contributed by atoms with van der Waals surface area (Å²) < 4.78 is 0. The van der Waals surface area contributed by atoms with E-state index in [0.717, 1.165) is 18.4 Å². The quantitative estimate of drug-likeness (QED) is 0.639. The molecule has 0 spiro atoms. The number of carbonyl (C=O) groups excluding carboxylic acids is 2. The molecule has 0 amide bonds. The molecule has 3 aliphatic rings. The smallest absolute Gasteiger partial charge is 0.282 e. The van der Waals surface area contributed by atoms with Gasteiger partial charge in [0.2, 0.25) is 5.78 Å². The molecule has 116 valence electrons. The Morgan fingerprint density at radius 2 is 1.91 bits per heavy atom. The van der Waals surface area contributed by atoms with Gasteiger partial charge >= 0.3 is 0 Å². The average Bonchev–Trinajstić information content (AvgIpc) is 2.45. The third-order valence-electron chi connectivity index (χ3n) is 6.44. The first-order valence-electron chi connectivity index (χ1n) is 8.02. The highest BCUT2D eigenvalue weighted by Gasteiger charge is 2.62. The molecule has 3 rings (SSSR count). The molecule has 0 aliphatic heterocycles. The van der Waals surface area contributed by atoms with Crippen molar-refractivity contribution in [2.24, 2.45) is 22.2 Å². The topological polar surface area (TPSA) is 38.5 Å². The van der Waals surface area contributed by atoms with Gasteiger partial charge in [-0.3, -0.25) is 9.59 Å². The lowest BCUT2D eigenvalue weighted by atomic mass is 9.44. The second-order valence-corrected chi connectivity index (χ2v) is 8.15. The summed E-state index contributed by atoms with van der Waals surface area (Å²) in [5.74, 6) is 0.305. The highest BCUT2D eigenvalue weighted by molar-refractivity contribution is 6.01. The van der Waals surface area contributed by atoms with Crippen molar-refractivity contribution in [3.05, 3.63) is 35.2 Å². The summed E-state index contributed by atoms with van der Waals surface area (Å²) in [6.45, 7) is 15.7. The number of allylic oxidation sites excluding steroid dienone is 4. The minimum Gasteiger partial charge on any atom is -0.305 e. The molecule has 22 heavy (non-hydrogen) atoms. The number of nitrogens with zero attached hydrogens (tertiary/aromatic N) is 1. The molecule has 0 heterocycles. The van der Waals surface area contributed by atoms with Crippen LogP contribution in [0.2, 0.25) is 0 Å². The molecule has 2 fully saturated rings. The predicted octanol–water partition coefficient (Wildman–Crippen LogP) is 3.76. The van der Waals surface area contributed by atoms with Crippen molar-refractivity contribution in [2.45, 2.75) is 53.0 Å². The lowest BCUT2D eigenvalue weighted by molar-refractivity contribution is -0.141. The Morgan fingerprint density at radius 3 is 2.55 bits per heavy atom. The molecule has 3 nitrogen and oxygen atoms in total. The molecule has 0 aromatic rings. The zero-order chi connectivity index (χ0) is 16.3. The SMILES string of the molecule is [C-]#[N+]C1C[C@]2(C)C3=CC(=O)C=C[C@]3(C)CC[C@H]2C(C)(C)C1=O. The third-order valence-corrected chi connectivity index (χ3v) is 6.44. The van der Waals surface area contributed by atoms with Crippen molar-refractivity contribution in [1.29, 1.82) is 0 Å². The molecule has 0 radical (unpaired) electrons. The van der Waals surface area contributed by atoms with Gasteiger partial charge in [0, 0.05) is 22.7 Å². The molecule has 0 bridgehead atoms. The van der Waals surface area contributed by atoms with Gasteiger partial charge in [0.05, 0.1) is 0 Å². The number of Topliss-reactive ketones (excluding diaryl/α,β-unsaturated/α-hetero) is 1. The second-order valence-electron chi connectivity index (χ2n) is 8.15. The van der Waals surface area contributed by atoms with Gasteiger partial charge in [-0.2, -0.15) is 0 Å². The van der Waals surface area contributed by atoms with Crippen LogP contribution in [-0.2, 0) is 9.59 Å². The lowest BCUT2D eigenvalue weighted by Gasteiger charge is -2.58. The maximum Gasteiger partial charge on any atom is 0.282 e. The van der Waals surface area contributed by atoms with Crippen LogP contribution in [0, 0.1) is 28.7 Å². The monoisotopic (exact) mass is 297 g/mol. The fourth-order valence-corrected chi connectivity index (χ4v) is 5.31. The number of carbonyl (C=O) groups is 2. The Hall–Kier alpha value is -1.69. The van der Waals surface area contributed by atoms with Crippen molar-refractivity contribution < 1.29 is 9.59 Å². The maximum absolute atomic E-state index is 12.7. The fourth-order valence-electron chi connectivity index (χ4n) is 5.31. The summed E-state index contributed by atoms with van der Waals surface area (Å²) in [6, 6.07) is -0.583. The van der Waals surface area contributed by atoms with Crippen molar-refractivity contribution >= 4 is 11.6 Å². The number of fused-ring (bicyclic) bond motifs is 3. The van der Waals surface area contributed by atoms with E-state index in [9.17, 15) is 9.59 Å². The van der Waals surface area contributed by atoms with Crippen molar-refractivity contribution in [2.75, 3.05) is 0 Å². The first-order chi connectivity index (χ1) is 10.1.